The number of nitrogens with one attached hydrogen (secondary N) is 3. The van der Waals surface area contributed by atoms with Gasteiger partial charge in [-0.05, 0) is 42.0 Å². The Bertz CT molecular complexity index is 1350. The minimum absolute atomic E-state index is 0.392. The zero-order chi connectivity index (χ0) is 24.1. The van der Waals surface area contributed by atoms with Crippen LogP contribution in [-0.2, 0) is 6.54 Å². The first kappa shape index (κ1) is 23.4. The van der Waals surface area contributed by atoms with E-state index in [9.17, 15) is 4.79 Å². The summed E-state index contributed by atoms with van der Waals surface area (Å²) in [5, 5.41) is 10.5. The second-order valence-corrected chi connectivity index (χ2v) is 8.05. The molecule has 4 rings (SSSR count). The van der Waals surface area contributed by atoms with E-state index < -0.39 is 6.03 Å². The number of amides is 2. The lowest BCUT2D eigenvalue weighted by Gasteiger charge is -2.13. The monoisotopic (exact) mass is 497 g/mol. The molecule has 0 aliphatic carbocycles. The first-order valence-electron chi connectivity index (χ1n) is 10.2. The van der Waals surface area contributed by atoms with Crippen LogP contribution in [0.15, 0.2) is 60.9 Å². The van der Waals surface area contributed by atoms with Gasteiger partial charge in [0.25, 0.3) is 0 Å². The number of methoxy groups -OCH3 is 2. The molecule has 10 heteroatoms. The van der Waals surface area contributed by atoms with Crippen molar-refractivity contribution in [2.75, 3.05) is 30.2 Å². The van der Waals surface area contributed by atoms with Crippen LogP contribution in [0.1, 0.15) is 5.56 Å². The van der Waals surface area contributed by atoms with E-state index in [-0.39, 0.29) is 0 Å². The summed E-state index contributed by atoms with van der Waals surface area (Å²) in [5.41, 5.74) is 2.70. The fraction of sp³-hybridized carbons (Fsp3) is 0.125. The Hall–Kier alpha value is -3.75. The summed E-state index contributed by atoms with van der Waals surface area (Å²) in [6.45, 7) is 0.470. The number of carbonyl (C=O) groups excluding carboxylic acids is 1. The molecule has 174 valence electrons. The summed E-state index contributed by atoms with van der Waals surface area (Å²) in [6, 6.07) is 15.5. The van der Waals surface area contributed by atoms with E-state index in [0.717, 1.165) is 16.5 Å². The van der Waals surface area contributed by atoms with Gasteiger partial charge in [0.1, 0.15) is 12.1 Å². The zero-order valence-corrected chi connectivity index (χ0v) is 19.9. The molecule has 0 fully saturated rings. The van der Waals surface area contributed by atoms with E-state index in [2.05, 4.69) is 25.9 Å². The molecule has 2 amide bonds. The van der Waals surface area contributed by atoms with Crippen molar-refractivity contribution in [1.82, 2.24) is 9.97 Å². The van der Waals surface area contributed by atoms with Gasteiger partial charge in [-0.15, -0.1) is 0 Å². The molecule has 0 bridgehead atoms. The molecule has 0 aliphatic heterocycles. The minimum Gasteiger partial charge on any atom is -0.493 e. The van der Waals surface area contributed by atoms with Gasteiger partial charge in [-0.25, -0.2) is 14.8 Å². The van der Waals surface area contributed by atoms with Crippen LogP contribution in [0.4, 0.5) is 22.0 Å². The molecule has 1 heterocycles. The molecule has 1 aromatic heterocycles. The van der Waals surface area contributed by atoms with Gasteiger partial charge >= 0.3 is 6.03 Å². The van der Waals surface area contributed by atoms with Crippen LogP contribution >= 0.6 is 23.2 Å². The molecule has 0 aliphatic rings. The molecule has 0 spiro atoms. The van der Waals surface area contributed by atoms with E-state index in [1.165, 1.54) is 6.33 Å². The van der Waals surface area contributed by atoms with Gasteiger partial charge < -0.3 is 25.4 Å². The number of ether oxygens (including phenoxy) is 2. The third-order valence-electron chi connectivity index (χ3n) is 4.96. The number of fused-ring (bicyclic) bond motifs is 1. The molecule has 3 aromatic carbocycles. The molecule has 34 heavy (non-hydrogen) atoms. The summed E-state index contributed by atoms with van der Waals surface area (Å²) in [5.74, 6) is 1.83. The number of benzene rings is 3. The Morgan fingerprint density at radius 2 is 1.74 bits per heavy atom. The third-order valence-corrected chi connectivity index (χ3v) is 5.53. The molecular formula is C24H21Cl2N5O3. The zero-order valence-electron chi connectivity index (χ0n) is 18.4. The predicted octanol–water partition coefficient (Wildman–Crippen LogP) is 6.21. The maximum absolute atomic E-state index is 12.4. The Kier molecular flexibility index (Phi) is 7.20. The Morgan fingerprint density at radius 3 is 2.53 bits per heavy atom. The lowest BCUT2D eigenvalue weighted by atomic mass is 10.1. The number of aromatic nitrogens is 2. The van der Waals surface area contributed by atoms with Crippen LogP contribution in [0.25, 0.3) is 10.9 Å². The van der Waals surface area contributed by atoms with E-state index >= 15 is 0 Å². The Morgan fingerprint density at radius 1 is 0.941 bits per heavy atom. The number of rotatable bonds is 7. The van der Waals surface area contributed by atoms with Crippen LogP contribution in [0, 0.1) is 0 Å². The van der Waals surface area contributed by atoms with Crippen molar-refractivity contribution in [3.8, 4) is 11.5 Å². The summed E-state index contributed by atoms with van der Waals surface area (Å²) < 4.78 is 10.7. The van der Waals surface area contributed by atoms with Crippen molar-refractivity contribution >= 4 is 57.3 Å². The molecule has 0 radical (unpaired) electrons. The normalized spacial score (nSPS) is 10.6. The second kappa shape index (κ2) is 10.5. The number of nitrogens with zero attached hydrogens (tertiary/aromatic N) is 2. The third kappa shape index (κ3) is 5.41. The maximum atomic E-state index is 12.4. The maximum Gasteiger partial charge on any atom is 0.323 e. The topological polar surface area (TPSA) is 97.4 Å². The number of urea groups is 1. The second-order valence-electron chi connectivity index (χ2n) is 7.20. The standard InChI is InChI=1S/C24H21Cl2N5O3/c1-33-21-10-17-19(11-22(21)34-2)28-13-29-23(17)27-12-14-4-3-5-16(8-14)30-24(32)31-20-9-15(25)6-7-18(20)26/h3-11,13H,12H2,1-2H3,(H,27,28,29)(H2,30,31,32). The molecule has 3 N–H and O–H groups in total. The van der Waals surface area contributed by atoms with Crippen molar-refractivity contribution in [2.24, 2.45) is 0 Å². The van der Waals surface area contributed by atoms with Gasteiger partial charge in [-0.2, -0.15) is 0 Å². The molecule has 0 unspecified atom stereocenters. The van der Waals surface area contributed by atoms with Crippen LogP contribution in [0.3, 0.4) is 0 Å². The minimum atomic E-state index is -0.433. The number of halogens is 2. The van der Waals surface area contributed by atoms with Crippen molar-refractivity contribution < 1.29 is 14.3 Å². The van der Waals surface area contributed by atoms with Crippen LogP contribution < -0.4 is 25.4 Å². The molecule has 4 aromatic rings. The average Bonchev–Trinajstić information content (AvgIpc) is 2.84. The lowest BCUT2D eigenvalue weighted by Crippen LogP contribution is -2.19. The van der Waals surface area contributed by atoms with Gasteiger partial charge in [-0.1, -0.05) is 35.3 Å². The smallest absolute Gasteiger partial charge is 0.323 e. The number of anilines is 3. The quantitative estimate of drug-likeness (QED) is 0.280. The van der Waals surface area contributed by atoms with Gasteiger partial charge in [0.2, 0.25) is 0 Å². The van der Waals surface area contributed by atoms with Crippen molar-refractivity contribution in [3.63, 3.8) is 0 Å². The lowest BCUT2D eigenvalue weighted by molar-refractivity contribution is 0.262. The van der Waals surface area contributed by atoms with Crippen molar-refractivity contribution in [3.05, 3.63) is 76.5 Å². The van der Waals surface area contributed by atoms with E-state index in [1.54, 1.807) is 44.6 Å². The number of hydrogen-bond acceptors (Lipinski definition) is 6. The SMILES string of the molecule is COc1cc2ncnc(NCc3cccc(NC(=O)Nc4cc(Cl)ccc4Cl)c3)c2cc1OC. The number of hydrogen-bond donors (Lipinski definition) is 3. The summed E-state index contributed by atoms with van der Waals surface area (Å²) in [4.78, 5) is 21.1. The van der Waals surface area contributed by atoms with Crippen molar-refractivity contribution in [2.45, 2.75) is 6.54 Å². The predicted molar refractivity (Wildman–Crippen MR) is 136 cm³/mol. The highest BCUT2D eigenvalue weighted by molar-refractivity contribution is 6.35. The Labute approximate surface area is 206 Å². The van der Waals surface area contributed by atoms with Gasteiger partial charge in [0.05, 0.1) is 30.4 Å². The molecular weight excluding hydrogens is 477 g/mol. The van der Waals surface area contributed by atoms with E-state index in [4.69, 9.17) is 32.7 Å². The molecule has 8 nitrogen and oxygen atoms in total. The van der Waals surface area contributed by atoms with Crippen LogP contribution in [0.5, 0.6) is 11.5 Å². The summed E-state index contributed by atoms with van der Waals surface area (Å²) >= 11 is 12.1. The highest BCUT2D eigenvalue weighted by Gasteiger charge is 2.11. The first-order chi connectivity index (χ1) is 16.5. The fourth-order valence-corrected chi connectivity index (χ4v) is 3.68. The van der Waals surface area contributed by atoms with Gasteiger partial charge in [0, 0.05) is 28.7 Å². The fourth-order valence-electron chi connectivity index (χ4n) is 3.35. The van der Waals surface area contributed by atoms with Gasteiger partial charge in [-0.3, -0.25) is 0 Å². The van der Waals surface area contributed by atoms with Gasteiger partial charge in [0.15, 0.2) is 11.5 Å². The van der Waals surface area contributed by atoms with E-state index in [0.29, 0.717) is 45.3 Å². The Balaban J connectivity index is 1.46. The molecule has 0 saturated carbocycles. The molecule has 0 saturated heterocycles. The highest BCUT2D eigenvalue weighted by Crippen LogP contribution is 2.33. The number of carbonyl (C=O) groups is 1. The van der Waals surface area contributed by atoms with E-state index in [1.807, 2.05) is 24.3 Å². The van der Waals surface area contributed by atoms with Crippen LogP contribution in [-0.4, -0.2) is 30.2 Å². The molecule has 0 atom stereocenters. The highest BCUT2D eigenvalue weighted by atomic mass is 35.5. The summed E-state index contributed by atoms with van der Waals surface area (Å²) in [6.07, 6.45) is 1.49. The van der Waals surface area contributed by atoms with Crippen molar-refractivity contribution in [1.29, 1.82) is 0 Å². The summed E-state index contributed by atoms with van der Waals surface area (Å²) in [7, 11) is 3.16. The first-order valence-corrected chi connectivity index (χ1v) is 10.9. The van der Waals surface area contributed by atoms with Crippen LogP contribution in [0.2, 0.25) is 10.0 Å². The largest absolute Gasteiger partial charge is 0.493 e. The average molecular weight is 498 g/mol.